The van der Waals surface area contributed by atoms with Gasteiger partial charge in [0.15, 0.2) is 0 Å². The summed E-state index contributed by atoms with van der Waals surface area (Å²) in [7, 11) is 0. The molecule has 106 valence electrons. The Bertz CT molecular complexity index is 409. The Morgan fingerprint density at radius 3 is 2.32 bits per heavy atom. The fraction of sp³-hybridized carbons (Fsp3) is 0.500. The highest BCUT2D eigenvalue weighted by Crippen LogP contribution is 2.24. The molecule has 1 N–H and O–H groups in total. The van der Waals surface area contributed by atoms with Crippen LogP contribution in [0.3, 0.4) is 0 Å². The van der Waals surface area contributed by atoms with Crippen LogP contribution in [0.4, 0.5) is 8.78 Å². The van der Waals surface area contributed by atoms with Crippen molar-refractivity contribution in [3.8, 4) is 0 Å². The van der Waals surface area contributed by atoms with Crippen LogP contribution in [-0.4, -0.2) is 13.1 Å². The first-order chi connectivity index (χ1) is 8.84. The van der Waals surface area contributed by atoms with Crippen molar-refractivity contribution in [1.82, 2.24) is 5.32 Å². The van der Waals surface area contributed by atoms with E-state index in [9.17, 15) is 8.78 Å². The summed E-state index contributed by atoms with van der Waals surface area (Å²) < 4.78 is 26.4. The summed E-state index contributed by atoms with van der Waals surface area (Å²) in [5.74, 6) is -0.492. The first-order valence-electron chi connectivity index (χ1n) is 6.64. The maximum Gasteiger partial charge on any atom is 0.126 e. The van der Waals surface area contributed by atoms with Crippen LogP contribution in [0.25, 0.3) is 0 Å². The van der Waals surface area contributed by atoms with E-state index in [1.807, 2.05) is 13.0 Å². The summed E-state index contributed by atoms with van der Waals surface area (Å²) in [6.45, 7) is 11.8. The van der Waals surface area contributed by atoms with Gasteiger partial charge in [0.1, 0.15) is 11.6 Å². The number of rotatable bonds is 7. The molecule has 1 atom stereocenters. The maximum absolute atomic E-state index is 13.2. The topological polar surface area (TPSA) is 12.0 Å². The van der Waals surface area contributed by atoms with Crippen molar-refractivity contribution >= 4 is 0 Å². The molecule has 1 aromatic rings. The van der Waals surface area contributed by atoms with Gasteiger partial charge in [0, 0.05) is 18.0 Å². The monoisotopic (exact) mass is 267 g/mol. The molecule has 0 saturated carbocycles. The lowest BCUT2D eigenvalue weighted by molar-refractivity contribution is 0.376. The van der Waals surface area contributed by atoms with Gasteiger partial charge in [-0.1, -0.05) is 26.8 Å². The first-order valence-corrected chi connectivity index (χ1v) is 6.64. The van der Waals surface area contributed by atoms with Crippen molar-refractivity contribution in [2.45, 2.75) is 27.2 Å². The molecule has 0 aliphatic rings. The van der Waals surface area contributed by atoms with Gasteiger partial charge in [-0.25, -0.2) is 8.78 Å². The second kappa shape index (κ2) is 6.80. The number of hydrogen-bond acceptors (Lipinski definition) is 1. The van der Waals surface area contributed by atoms with E-state index in [2.05, 4.69) is 25.7 Å². The second-order valence-corrected chi connectivity index (χ2v) is 5.84. The van der Waals surface area contributed by atoms with E-state index in [0.29, 0.717) is 17.9 Å². The van der Waals surface area contributed by atoms with Gasteiger partial charge in [-0.2, -0.15) is 0 Å². The first kappa shape index (κ1) is 15.8. The standard InChI is InChI=1S/C16H23F2N/c1-5-16(4,11-19-10-12(2)3)9-13-6-14(17)8-15(18)7-13/h5-8,12,19H,1,9-11H2,2-4H3. The van der Waals surface area contributed by atoms with E-state index < -0.39 is 11.6 Å². The average molecular weight is 267 g/mol. The van der Waals surface area contributed by atoms with E-state index >= 15 is 0 Å². The molecule has 3 heteroatoms. The fourth-order valence-electron chi connectivity index (χ4n) is 2.03. The number of halogens is 2. The highest BCUT2D eigenvalue weighted by atomic mass is 19.1. The van der Waals surface area contributed by atoms with Crippen LogP contribution in [0, 0.1) is 23.0 Å². The lowest BCUT2D eigenvalue weighted by atomic mass is 9.83. The van der Waals surface area contributed by atoms with Gasteiger partial charge >= 0.3 is 0 Å². The van der Waals surface area contributed by atoms with E-state index in [4.69, 9.17) is 0 Å². The largest absolute Gasteiger partial charge is 0.316 e. The Hall–Kier alpha value is -1.22. The van der Waals surface area contributed by atoms with Gasteiger partial charge < -0.3 is 5.32 Å². The molecule has 0 spiro atoms. The lowest BCUT2D eigenvalue weighted by Gasteiger charge is -2.27. The summed E-state index contributed by atoms with van der Waals surface area (Å²) >= 11 is 0. The van der Waals surface area contributed by atoms with E-state index in [1.165, 1.54) is 12.1 Å². The molecule has 0 aromatic heterocycles. The van der Waals surface area contributed by atoms with Crippen LogP contribution >= 0.6 is 0 Å². The zero-order chi connectivity index (χ0) is 14.5. The van der Waals surface area contributed by atoms with E-state index in [0.717, 1.165) is 19.2 Å². The Morgan fingerprint density at radius 1 is 1.26 bits per heavy atom. The van der Waals surface area contributed by atoms with Crippen LogP contribution in [0.1, 0.15) is 26.3 Å². The highest BCUT2D eigenvalue weighted by Gasteiger charge is 2.21. The second-order valence-electron chi connectivity index (χ2n) is 5.84. The maximum atomic E-state index is 13.2. The minimum absolute atomic E-state index is 0.213. The number of benzene rings is 1. The zero-order valence-electron chi connectivity index (χ0n) is 12.0. The van der Waals surface area contributed by atoms with Crippen LogP contribution in [-0.2, 0) is 6.42 Å². The third-order valence-electron chi connectivity index (χ3n) is 3.10. The summed E-state index contributed by atoms with van der Waals surface area (Å²) in [5.41, 5.74) is 0.445. The quantitative estimate of drug-likeness (QED) is 0.738. The van der Waals surface area contributed by atoms with Crippen LogP contribution in [0.2, 0.25) is 0 Å². The Balaban J connectivity index is 2.71. The van der Waals surface area contributed by atoms with E-state index in [-0.39, 0.29) is 5.41 Å². The van der Waals surface area contributed by atoms with Gasteiger partial charge in [0.25, 0.3) is 0 Å². The molecule has 19 heavy (non-hydrogen) atoms. The Labute approximate surface area is 114 Å². The summed E-state index contributed by atoms with van der Waals surface area (Å²) in [6, 6.07) is 3.66. The SMILES string of the molecule is C=CC(C)(CNCC(C)C)Cc1cc(F)cc(F)c1. The van der Waals surface area contributed by atoms with Crippen LogP contribution in [0.5, 0.6) is 0 Å². The molecule has 0 saturated heterocycles. The summed E-state index contributed by atoms with van der Waals surface area (Å²) in [4.78, 5) is 0. The Kier molecular flexibility index (Phi) is 5.67. The molecule has 0 aliphatic carbocycles. The van der Waals surface area contributed by atoms with Gasteiger partial charge in [0.2, 0.25) is 0 Å². The van der Waals surface area contributed by atoms with Crippen molar-refractivity contribution in [2.24, 2.45) is 11.3 Å². The molecule has 0 heterocycles. The zero-order valence-corrected chi connectivity index (χ0v) is 12.0. The molecular weight excluding hydrogens is 244 g/mol. The molecule has 1 nitrogen and oxygen atoms in total. The van der Waals surface area contributed by atoms with Crippen molar-refractivity contribution < 1.29 is 8.78 Å². The molecule has 1 rings (SSSR count). The predicted molar refractivity (Wildman–Crippen MR) is 76.1 cm³/mol. The van der Waals surface area contributed by atoms with Gasteiger partial charge in [0.05, 0.1) is 0 Å². The van der Waals surface area contributed by atoms with Gasteiger partial charge in [-0.3, -0.25) is 0 Å². The predicted octanol–water partition coefficient (Wildman–Crippen LogP) is 3.95. The average Bonchev–Trinajstić information content (AvgIpc) is 2.26. The number of nitrogens with one attached hydrogen (secondary N) is 1. The van der Waals surface area contributed by atoms with Crippen LogP contribution in [0.15, 0.2) is 30.9 Å². The summed E-state index contributed by atoms with van der Waals surface area (Å²) in [5, 5.41) is 3.37. The molecule has 0 bridgehead atoms. The number of hydrogen-bond donors (Lipinski definition) is 1. The normalized spacial score (nSPS) is 14.4. The molecule has 1 unspecified atom stereocenters. The third-order valence-corrected chi connectivity index (χ3v) is 3.10. The molecule has 0 fully saturated rings. The van der Waals surface area contributed by atoms with Crippen molar-refractivity contribution in [2.75, 3.05) is 13.1 Å². The minimum Gasteiger partial charge on any atom is -0.316 e. The molecular formula is C16H23F2N. The van der Waals surface area contributed by atoms with E-state index in [1.54, 1.807) is 0 Å². The molecule has 1 aromatic carbocycles. The van der Waals surface area contributed by atoms with Crippen LogP contribution < -0.4 is 5.32 Å². The smallest absolute Gasteiger partial charge is 0.126 e. The summed E-state index contributed by atoms with van der Waals surface area (Å²) in [6.07, 6.45) is 2.42. The molecule has 0 aliphatic heterocycles. The fourth-order valence-corrected chi connectivity index (χ4v) is 2.03. The minimum atomic E-state index is -0.531. The highest BCUT2D eigenvalue weighted by molar-refractivity contribution is 5.20. The lowest BCUT2D eigenvalue weighted by Crippen LogP contribution is -2.34. The molecule has 0 amide bonds. The van der Waals surface area contributed by atoms with Crippen molar-refractivity contribution in [1.29, 1.82) is 0 Å². The third kappa shape index (κ3) is 5.52. The van der Waals surface area contributed by atoms with Gasteiger partial charge in [-0.05, 0) is 36.6 Å². The van der Waals surface area contributed by atoms with Gasteiger partial charge in [-0.15, -0.1) is 6.58 Å². The van der Waals surface area contributed by atoms with Crippen molar-refractivity contribution in [3.05, 3.63) is 48.1 Å². The van der Waals surface area contributed by atoms with Crippen molar-refractivity contribution in [3.63, 3.8) is 0 Å². The Morgan fingerprint density at radius 2 is 1.84 bits per heavy atom. The molecule has 0 radical (unpaired) electrons.